The van der Waals surface area contributed by atoms with Crippen LogP contribution in [0.3, 0.4) is 0 Å². The Bertz CT molecular complexity index is 703. The summed E-state index contributed by atoms with van der Waals surface area (Å²) in [5, 5.41) is 0. The number of hydrogen-bond donors (Lipinski definition) is 0. The van der Waals surface area contributed by atoms with Crippen molar-refractivity contribution >= 4 is 3.21 Å². The van der Waals surface area contributed by atoms with E-state index in [0.29, 0.717) is 0 Å². The third kappa shape index (κ3) is 8.49. The fourth-order valence-corrected chi connectivity index (χ4v) is 4.43. The summed E-state index contributed by atoms with van der Waals surface area (Å²) in [6.45, 7) is 2.16. The first-order valence-corrected chi connectivity index (χ1v) is 11.5. The Morgan fingerprint density at radius 1 is 0.828 bits per heavy atom. The standard InChI is InChI=1S/2C9H11.C8H8.2ClH.Zr/c2*1-2-5-9-7-3-6-8(9)4-1;1-2-8-6-4-3-5-7-8;;;/h2*1-2,4,6,9H,3,5,7H2;3-7H,1H3;2*1H;/q2*-1;;;;+2/p-2. The average molecular weight is 505 g/mol. The zero-order valence-electron chi connectivity index (χ0n) is 17.2. The van der Waals surface area contributed by atoms with Crippen LogP contribution in [0.5, 0.6) is 0 Å². The topological polar surface area (TPSA) is 0 Å². The van der Waals surface area contributed by atoms with Crippen molar-refractivity contribution in [2.45, 2.75) is 45.4 Å². The van der Waals surface area contributed by atoms with Crippen molar-refractivity contribution in [3.05, 3.63) is 96.3 Å². The second-order valence-electron chi connectivity index (χ2n) is 7.61. The Balaban J connectivity index is 0.000000210. The number of halogens is 2. The summed E-state index contributed by atoms with van der Waals surface area (Å²) in [6, 6.07) is 10.5. The van der Waals surface area contributed by atoms with Gasteiger partial charge in [0.05, 0.1) is 0 Å². The van der Waals surface area contributed by atoms with Crippen LogP contribution in [0.1, 0.15) is 51.0 Å². The smallest absolute Gasteiger partial charge is 1.00 e. The Hall–Kier alpha value is -0.747. The molecule has 2 saturated carbocycles. The summed E-state index contributed by atoms with van der Waals surface area (Å²) in [7, 11) is 0. The van der Waals surface area contributed by atoms with Crippen molar-refractivity contribution in [2.24, 2.45) is 11.8 Å². The van der Waals surface area contributed by atoms with E-state index in [1.54, 1.807) is 11.1 Å². The molecule has 0 spiro atoms. The van der Waals surface area contributed by atoms with Gasteiger partial charge in [0.15, 0.2) is 0 Å². The number of benzene rings is 1. The first kappa shape index (κ1) is 26.3. The SMILES string of the molecule is C1=CCC2CC[CH-]C2=C1.C1=CCC2CC[CH-]C2=C1.C[C](=[Zr+2])c1ccccc1.[Cl-].[Cl-]. The molecule has 1 aromatic rings. The van der Waals surface area contributed by atoms with Gasteiger partial charge in [-0.2, -0.15) is 0 Å². The molecule has 0 N–H and O–H groups in total. The normalized spacial score (nSPS) is 22.2. The molecule has 2 fully saturated rings. The predicted octanol–water partition coefficient (Wildman–Crippen LogP) is 0.756. The van der Waals surface area contributed by atoms with Crippen LogP contribution in [0.15, 0.2) is 77.9 Å². The third-order valence-corrected chi connectivity index (χ3v) is 6.34. The van der Waals surface area contributed by atoms with Crippen molar-refractivity contribution in [3.8, 4) is 0 Å². The molecule has 5 rings (SSSR count). The number of rotatable bonds is 1. The van der Waals surface area contributed by atoms with Gasteiger partial charge in [0.1, 0.15) is 0 Å². The van der Waals surface area contributed by atoms with E-state index in [1.165, 1.54) is 71.5 Å². The van der Waals surface area contributed by atoms with E-state index in [0.717, 1.165) is 11.8 Å². The minimum absolute atomic E-state index is 0. The van der Waals surface area contributed by atoms with E-state index in [2.05, 4.69) is 80.5 Å². The largest absolute Gasteiger partial charge is 1.00 e. The fraction of sp³-hybridized carbons (Fsp3) is 0.346. The molecule has 0 saturated heterocycles. The third-order valence-electron chi connectivity index (χ3n) is 5.63. The molecule has 29 heavy (non-hydrogen) atoms. The van der Waals surface area contributed by atoms with Crippen molar-refractivity contribution in [2.75, 3.05) is 0 Å². The molecular formula is C26H30Cl2Zr-2. The van der Waals surface area contributed by atoms with Crippen LogP contribution in [-0.4, -0.2) is 3.21 Å². The summed E-state index contributed by atoms with van der Waals surface area (Å²) in [4.78, 5) is 0. The van der Waals surface area contributed by atoms with Gasteiger partial charge >= 0.3 is 70.3 Å². The molecule has 3 heteroatoms. The molecule has 0 amide bonds. The van der Waals surface area contributed by atoms with Gasteiger partial charge in [0.25, 0.3) is 0 Å². The Kier molecular flexibility index (Phi) is 13.0. The van der Waals surface area contributed by atoms with Gasteiger partial charge in [-0.25, -0.2) is 36.1 Å². The van der Waals surface area contributed by atoms with E-state index in [1.807, 2.05) is 6.07 Å². The molecule has 154 valence electrons. The zero-order chi connectivity index (χ0) is 18.9. The minimum atomic E-state index is 0. The summed E-state index contributed by atoms with van der Waals surface area (Å²) in [6.07, 6.45) is 26.1. The molecule has 4 aliphatic rings. The van der Waals surface area contributed by atoms with Crippen LogP contribution in [0.2, 0.25) is 0 Å². The molecule has 0 radical (unpaired) electrons. The molecule has 0 bridgehead atoms. The molecular weight excluding hydrogens is 474 g/mol. The molecule has 1 aromatic carbocycles. The summed E-state index contributed by atoms with van der Waals surface area (Å²) >= 11 is 1.51. The van der Waals surface area contributed by atoms with Crippen LogP contribution in [0.25, 0.3) is 0 Å². The first-order valence-electron chi connectivity index (χ1n) is 10.2. The molecule has 2 atom stereocenters. The number of hydrogen-bond acceptors (Lipinski definition) is 0. The Labute approximate surface area is 204 Å². The monoisotopic (exact) mass is 502 g/mol. The Morgan fingerprint density at radius 2 is 1.31 bits per heavy atom. The first-order chi connectivity index (χ1) is 13.2. The van der Waals surface area contributed by atoms with Gasteiger partial charge < -0.3 is 24.8 Å². The van der Waals surface area contributed by atoms with Gasteiger partial charge in [-0.1, -0.05) is 12.8 Å². The van der Waals surface area contributed by atoms with E-state index in [4.69, 9.17) is 0 Å². The molecule has 0 aliphatic heterocycles. The van der Waals surface area contributed by atoms with Crippen molar-refractivity contribution in [3.63, 3.8) is 0 Å². The maximum atomic E-state index is 2.37. The van der Waals surface area contributed by atoms with Crippen LogP contribution < -0.4 is 24.8 Å². The summed E-state index contributed by atoms with van der Waals surface area (Å²) < 4.78 is 1.46. The summed E-state index contributed by atoms with van der Waals surface area (Å²) in [5.41, 5.74) is 4.53. The minimum Gasteiger partial charge on any atom is -1.00 e. The molecule has 2 unspecified atom stereocenters. The van der Waals surface area contributed by atoms with Gasteiger partial charge in [-0.3, -0.25) is 0 Å². The van der Waals surface area contributed by atoms with Gasteiger partial charge in [0, 0.05) is 0 Å². The Morgan fingerprint density at radius 3 is 1.69 bits per heavy atom. The maximum Gasteiger partial charge on any atom is -1.00 e. The zero-order valence-corrected chi connectivity index (χ0v) is 21.1. The van der Waals surface area contributed by atoms with E-state index in [-0.39, 0.29) is 24.8 Å². The maximum absolute atomic E-state index is 2.37. The van der Waals surface area contributed by atoms with Crippen molar-refractivity contribution in [1.29, 1.82) is 0 Å². The molecule has 0 aromatic heterocycles. The number of allylic oxidation sites excluding steroid dienone is 8. The quantitative estimate of drug-likeness (QED) is 0.496. The van der Waals surface area contributed by atoms with Crippen LogP contribution in [0.4, 0.5) is 0 Å². The molecule has 0 heterocycles. The van der Waals surface area contributed by atoms with E-state index in [9.17, 15) is 0 Å². The number of fused-ring (bicyclic) bond motifs is 2. The van der Waals surface area contributed by atoms with Gasteiger partial charge in [0.2, 0.25) is 0 Å². The molecule has 4 aliphatic carbocycles. The van der Waals surface area contributed by atoms with Crippen molar-refractivity contribution in [1.82, 2.24) is 0 Å². The second-order valence-corrected chi connectivity index (χ2v) is 9.45. The predicted molar refractivity (Wildman–Crippen MR) is 114 cm³/mol. The van der Waals surface area contributed by atoms with Gasteiger partial charge in [-0.15, -0.1) is 37.1 Å². The second kappa shape index (κ2) is 14.3. The van der Waals surface area contributed by atoms with Crippen LogP contribution in [-0.2, 0) is 24.2 Å². The van der Waals surface area contributed by atoms with E-state index >= 15 is 0 Å². The fourth-order valence-electron chi connectivity index (χ4n) is 4.02. The summed E-state index contributed by atoms with van der Waals surface area (Å²) in [5.74, 6) is 1.77. The van der Waals surface area contributed by atoms with Crippen molar-refractivity contribution < 1.29 is 49.0 Å². The van der Waals surface area contributed by atoms with E-state index < -0.39 is 0 Å². The van der Waals surface area contributed by atoms with Gasteiger partial charge in [-0.05, 0) is 24.7 Å². The van der Waals surface area contributed by atoms with Crippen LogP contribution in [0, 0.1) is 24.7 Å². The van der Waals surface area contributed by atoms with Crippen LogP contribution >= 0.6 is 0 Å². The average Bonchev–Trinajstić information content (AvgIpc) is 3.39. The molecule has 0 nitrogen and oxygen atoms in total.